The van der Waals surface area contributed by atoms with Crippen LogP contribution in [0.25, 0.3) is 21.7 Å². The predicted octanol–water partition coefficient (Wildman–Crippen LogP) is 6.35. The van der Waals surface area contributed by atoms with Crippen molar-refractivity contribution in [1.82, 2.24) is 4.98 Å². The SMILES string of the molecule is Cc1ccc(-c2sc(NC(=O)c3ccccc3)nc2-c2ccccc2)cc1C. The van der Waals surface area contributed by atoms with Gasteiger partial charge in [-0.05, 0) is 42.7 Å². The molecule has 0 spiro atoms. The Bertz CT molecular complexity index is 1120. The lowest BCUT2D eigenvalue weighted by molar-refractivity contribution is 0.102. The minimum atomic E-state index is -0.152. The second-order valence-corrected chi connectivity index (χ2v) is 7.68. The maximum absolute atomic E-state index is 12.6. The third-order valence-electron chi connectivity index (χ3n) is 4.70. The molecule has 0 atom stereocenters. The van der Waals surface area contributed by atoms with Crippen LogP contribution in [0.1, 0.15) is 21.5 Å². The third-order valence-corrected chi connectivity index (χ3v) is 5.72. The number of carbonyl (C=O) groups excluding carboxylic acids is 1. The van der Waals surface area contributed by atoms with Crippen molar-refractivity contribution in [2.24, 2.45) is 0 Å². The molecule has 4 heteroatoms. The zero-order valence-corrected chi connectivity index (χ0v) is 16.6. The molecule has 0 unspecified atom stereocenters. The van der Waals surface area contributed by atoms with Crippen LogP contribution >= 0.6 is 11.3 Å². The van der Waals surface area contributed by atoms with Crippen molar-refractivity contribution in [3.63, 3.8) is 0 Å². The van der Waals surface area contributed by atoms with Crippen LogP contribution < -0.4 is 5.32 Å². The van der Waals surface area contributed by atoms with Gasteiger partial charge in [-0.2, -0.15) is 0 Å². The van der Waals surface area contributed by atoms with Crippen LogP contribution in [-0.2, 0) is 0 Å². The molecular formula is C24H20N2OS. The Balaban J connectivity index is 1.76. The van der Waals surface area contributed by atoms with Crippen LogP contribution in [0.3, 0.4) is 0 Å². The lowest BCUT2D eigenvalue weighted by Crippen LogP contribution is -2.11. The number of benzene rings is 3. The van der Waals surface area contributed by atoms with Crippen LogP contribution in [0.2, 0.25) is 0 Å². The number of carbonyl (C=O) groups is 1. The summed E-state index contributed by atoms with van der Waals surface area (Å²) in [5.74, 6) is -0.152. The first-order valence-electron chi connectivity index (χ1n) is 9.12. The maximum Gasteiger partial charge on any atom is 0.257 e. The van der Waals surface area contributed by atoms with Crippen molar-refractivity contribution in [1.29, 1.82) is 0 Å². The number of rotatable bonds is 4. The molecule has 1 heterocycles. The molecule has 4 aromatic rings. The van der Waals surface area contributed by atoms with Crippen LogP contribution in [0.15, 0.2) is 78.9 Å². The first kappa shape index (κ1) is 18.1. The molecule has 28 heavy (non-hydrogen) atoms. The summed E-state index contributed by atoms with van der Waals surface area (Å²) in [7, 11) is 0. The number of amides is 1. The van der Waals surface area contributed by atoms with E-state index in [1.807, 2.05) is 48.5 Å². The molecule has 0 saturated carbocycles. The fraction of sp³-hybridized carbons (Fsp3) is 0.0833. The molecule has 138 valence electrons. The molecule has 0 fully saturated rings. The van der Waals surface area contributed by atoms with Gasteiger partial charge in [-0.3, -0.25) is 10.1 Å². The molecule has 1 aromatic heterocycles. The molecule has 0 radical (unpaired) electrons. The van der Waals surface area contributed by atoms with Crippen molar-refractivity contribution in [2.75, 3.05) is 5.32 Å². The lowest BCUT2D eigenvalue weighted by atomic mass is 10.0. The van der Waals surface area contributed by atoms with Gasteiger partial charge in [0.1, 0.15) is 0 Å². The Hall–Kier alpha value is -3.24. The average Bonchev–Trinajstić information content (AvgIpc) is 3.15. The van der Waals surface area contributed by atoms with E-state index < -0.39 is 0 Å². The summed E-state index contributed by atoms with van der Waals surface area (Å²) in [6.07, 6.45) is 0. The van der Waals surface area contributed by atoms with Crippen molar-refractivity contribution in [3.8, 4) is 21.7 Å². The standard InChI is InChI=1S/C24H20N2OS/c1-16-13-14-20(15-17(16)2)22-21(18-9-5-3-6-10-18)25-24(28-22)26-23(27)19-11-7-4-8-12-19/h3-15H,1-2H3,(H,25,26,27). The van der Waals surface area contributed by atoms with E-state index in [0.29, 0.717) is 10.7 Å². The summed E-state index contributed by atoms with van der Waals surface area (Å²) < 4.78 is 0. The van der Waals surface area contributed by atoms with E-state index in [2.05, 4.69) is 37.4 Å². The van der Waals surface area contributed by atoms with Gasteiger partial charge in [-0.1, -0.05) is 78.1 Å². The van der Waals surface area contributed by atoms with Crippen LogP contribution in [0, 0.1) is 13.8 Å². The molecule has 4 rings (SSSR count). The Morgan fingerprint density at radius 2 is 1.50 bits per heavy atom. The summed E-state index contributed by atoms with van der Waals surface area (Å²) in [5, 5.41) is 3.55. The quantitative estimate of drug-likeness (QED) is 0.446. The third kappa shape index (κ3) is 3.73. The molecule has 3 aromatic carbocycles. The van der Waals surface area contributed by atoms with Gasteiger partial charge in [-0.15, -0.1) is 0 Å². The van der Waals surface area contributed by atoms with E-state index in [1.165, 1.54) is 22.5 Å². The van der Waals surface area contributed by atoms with E-state index in [0.717, 1.165) is 21.7 Å². The zero-order valence-electron chi connectivity index (χ0n) is 15.8. The molecule has 1 amide bonds. The number of aromatic nitrogens is 1. The van der Waals surface area contributed by atoms with E-state index >= 15 is 0 Å². The van der Waals surface area contributed by atoms with Crippen molar-refractivity contribution in [3.05, 3.63) is 95.6 Å². The highest BCUT2D eigenvalue weighted by Gasteiger charge is 2.17. The molecule has 0 saturated heterocycles. The highest BCUT2D eigenvalue weighted by atomic mass is 32.1. The Kier molecular flexibility index (Phi) is 5.04. The first-order chi connectivity index (χ1) is 13.6. The van der Waals surface area contributed by atoms with Gasteiger partial charge in [0.15, 0.2) is 5.13 Å². The number of anilines is 1. The van der Waals surface area contributed by atoms with Crippen LogP contribution in [0.5, 0.6) is 0 Å². The largest absolute Gasteiger partial charge is 0.298 e. The minimum absolute atomic E-state index is 0.152. The molecular weight excluding hydrogens is 364 g/mol. The topological polar surface area (TPSA) is 42.0 Å². The van der Waals surface area contributed by atoms with Crippen molar-refractivity contribution < 1.29 is 4.79 Å². The Morgan fingerprint density at radius 3 is 2.18 bits per heavy atom. The van der Waals surface area contributed by atoms with E-state index in [9.17, 15) is 4.79 Å². The van der Waals surface area contributed by atoms with Gasteiger partial charge < -0.3 is 0 Å². The van der Waals surface area contributed by atoms with E-state index in [-0.39, 0.29) is 5.91 Å². The highest BCUT2D eigenvalue weighted by molar-refractivity contribution is 7.19. The summed E-state index contributed by atoms with van der Waals surface area (Å²) >= 11 is 1.50. The van der Waals surface area contributed by atoms with Gasteiger partial charge >= 0.3 is 0 Å². The van der Waals surface area contributed by atoms with Crippen molar-refractivity contribution in [2.45, 2.75) is 13.8 Å². The lowest BCUT2D eigenvalue weighted by Gasteiger charge is -2.05. The number of thiazole rings is 1. The summed E-state index contributed by atoms with van der Waals surface area (Å²) in [6.45, 7) is 4.22. The minimum Gasteiger partial charge on any atom is -0.298 e. The van der Waals surface area contributed by atoms with E-state index in [4.69, 9.17) is 4.98 Å². The van der Waals surface area contributed by atoms with Crippen molar-refractivity contribution >= 4 is 22.4 Å². The molecule has 0 aliphatic heterocycles. The van der Waals surface area contributed by atoms with Crippen LogP contribution in [-0.4, -0.2) is 10.9 Å². The van der Waals surface area contributed by atoms with Gasteiger partial charge in [0, 0.05) is 11.1 Å². The number of hydrogen-bond donors (Lipinski definition) is 1. The second kappa shape index (κ2) is 7.79. The van der Waals surface area contributed by atoms with Gasteiger partial charge in [0.25, 0.3) is 5.91 Å². The average molecular weight is 385 g/mol. The fourth-order valence-corrected chi connectivity index (χ4v) is 3.98. The smallest absolute Gasteiger partial charge is 0.257 e. The zero-order chi connectivity index (χ0) is 19.5. The van der Waals surface area contributed by atoms with Crippen LogP contribution in [0.4, 0.5) is 5.13 Å². The van der Waals surface area contributed by atoms with Gasteiger partial charge in [0.2, 0.25) is 0 Å². The molecule has 1 N–H and O–H groups in total. The molecule has 0 bridgehead atoms. The predicted molar refractivity (Wildman–Crippen MR) is 117 cm³/mol. The first-order valence-corrected chi connectivity index (χ1v) is 9.94. The monoisotopic (exact) mass is 384 g/mol. The Morgan fingerprint density at radius 1 is 0.821 bits per heavy atom. The van der Waals surface area contributed by atoms with Gasteiger partial charge in [0.05, 0.1) is 10.6 Å². The highest BCUT2D eigenvalue weighted by Crippen LogP contribution is 2.39. The second-order valence-electron chi connectivity index (χ2n) is 6.68. The number of hydrogen-bond acceptors (Lipinski definition) is 3. The van der Waals surface area contributed by atoms with E-state index in [1.54, 1.807) is 12.1 Å². The molecule has 3 nitrogen and oxygen atoms in total. The Labute approximate surface area is 168 Å². The fourth-order valence-electron chi connectivity index (χ4n) is 3.00. The summed E-state index contributed by atoms with van der Waals surface area (Å²) in [6, 6.07) is 25.7. The summed E-state index contributed by atoms with van der Waals surface area (Å²) in [4.78, 5) is 18.4. The molecule has 0 aliphatic rings. The maximum atomic E-state index is 12.6. The van der Waals surface area contributed by atoms with Gasteiger partial charge in [-0.25, -0.2) is 4.98 Å². The summed E-state index contributed by atoms with van der Waals surface area (Å²) in [5.41, 5.74) is 6.14. The normalized spacial score (nSPS) is 10.6. The number of aryl methyl sites for hydroxylation is 2. The number of nitrogens with zero attached hydrogens (tertiary/aromatic N) is 1. The number of nitrogens with one attached hydrogen (secondary N) is 1. The molecule has 0 aliphatic carbocycles.